The van der Waals surface area contributed by atoms with Crippen LogP contribution in [0.2, 0.25) is 0 Å². The fraction of sp³-hybridized carbons (Fsp3) is 0.538. The van der Waals surface area contributed by atoms with Crippen molar-refractivity contribution in [1.82, 2.24) is 10.0 Å². The van der Waals surface area contributed by atoms with Gasteiger partial charge in [0.2, 0.25) is 10.0 Å². The summed E-state index contributed by atoms with van der Waals surface area (Å²) in [6, 6.07) is 7.11. The Labute approximate surface area is 122 Å². The summed E-state index contributed by atoms with van der Waals surface area (Å²) >= 11 is 0. The molecular formula is C13H23ClN2O2S. The van der Waals surface area contributed by atoms with Gasteiger partial charge in [-0.15, -0.1) is 12.4 Å². The molecule has 0 saturated heterocycles. The molecule has 1 aromatic carbocycles. The van der Waals surface area contributed by atoms with Gasteiger partial charge in [-0.3, -0.25) is 0 Å². The fourth-order valence-corrected chi connectivity index (χ4v) is 2.72. The second-order valence-electron chi connectivity index (χ2n) is 4.58. The molecule has 0 amide bonds. The summed E-state index contributed by atoms with van der Waals surface area (Å²) in [5, 5.41) is 2.98. The maximum atomic E-state index is 12.0. The van der Waals surface area contributed by atoms with Crippen LogP contribution in [-0.2, 0) is 10.0 Å². The van der Waals surface area contributed by atoms with Crippen LogP contribution in [0.4, 0.5) is 0 Å². The highest BCUT2D eigenvalue weighted by Crippen LogP contribution is 2.18. The maximum Gasteiger partial charge on any atom is 0.240 e. The van der Waals surface area contributed by atoms with E-state index >= 15 is 0 Å². The van der Waals surface area contributed by atoms with E-state index in [9.17, 15) is 8.42 Å². The number of halogens is 1. The molecule has 6 heteroatoms. The van der Waals surface area contributed by atoms with Crippen LogP contribution >= 0.6 is 12.4 Å². The van der Waals surface area contributed by atoms with Gasteiger partial charge in [-0.05, 0) is 43.6 Å². The van der Waals surface area contributed by atoms with E-state index in [2.05, 4.69) is 10.0 Å². The van der Waals surface area contributed by atoms with E-state index in [1.165, 1.54) is 0 Å². The lowest BCUT2D eigenvalue weighted by molar-refractivity contribution is 0.577. The summed E-state index contributed by atoms with van der Waals surface area (Å²) in [6.07, 6.45) is 0.777. The molecule has 0 atom stereocenters. The molecule has 1 aromatic rings. The predicted octanol–water partition coefficient (Wildman–Crippen LogP) is 2.12. The third-order valence-corrected chi connectivity index (χ3v) is 4.19. The molecule has 0 radical (unpaired) electrons. The molecule has 2 N–H and O–H groups in total. The first kappa shape index (κ1) is 18.4. The molecule has 19 heavy (non-hydrogen) atoms. The predicted molar refractivity (Wildman–Crippen MR) is 81.5 cm³/mol. The van der Waals surface area contributed by atoms with Gasteiger partial charge >= 0.3 is 0 Å². The molecule has 0 spiro atoms. The molecular weight excluding hydrogens is 284 g/mol. The molecule has 0 aliphatic carbocycles. The molecule has 110 valence electrons. The van der Waals surface area contributed by atoms with E-state index in [4.69, 9.17) is 0 Å². The van der Waals surface area contributed by atoms with E-state index < -0.39 is 10.0 Å². The number of hydrogen-bond donors (Lipinski definition) is 2. The van der Waals surface area contributed by atoms with E-state index in [1.54, 1.807) is 18.2 Å². The van der Waals surface area contributed by atoms with Crippen LogP contribution in [0, 0.1) is 0 Å². The van der Waals surface area contributed by atoms with Crippen molar-refractivity contribution in [1.29, 1.82) is 0 Å². The van der Waals surface area contributed by atoms with Gasteiger partial charge in [0.05, 0.1) is 4.90 Å². The molecule has 0 bridgehead atoms. The number of nitrogens with one attached hydrogen (secondary N) is 2. The van der Waals surface area contributed by atoms with Crippen molar-refractivity contribution < 1.29 is 8.42 Å². The molecule has 0 unspecified atom stereocenters. The summed E-state index contributed by atoms with van der Waals surface area (Å²) in [6.45, 7) is 5.35. The lowest BCUT2D eigenvalue weighted by atomic mass is 10.0. The average molecular weight is 307 g/mol. The van der Waals surface area contributed by atoms with Crippen molar-refractivity contribution in [2.45, 2.75) is 31.1 Å². The lowest BCUT2D eigenvalue weighted by Crippen LogP contribution is -2.26. The van der Waals surface area contributed by atoms with Gasteiger partial charge in [0, 0.05) is 6.54 Å². The van der Waals surface area contributed by atoms with Crippen molar-refractivity contribution in [3.63, 3.8) is 0 Å². The van der Waals surface area contributed by atoms with E-state index in [1.807, 2.05) is 27.0 Å². The number of benzene rings is 1. The minimum absolute atomic E-state index is 0. The monoisotopic (exact) mass is 306 g/mol. The Morgan fingerprint density at radius 2 is 1.89 bits per heavy atom. The van der Waals surface area contributed by atoms with Gasteiger partial charge in [-0.2, -0.15) is 0 Å². The third kappa shape index (κ3) is 5.91. The van der Waals surface area contributed by atoms with Crippen LogP contribution < -0.4 is 10.0 Å². The Balaban J connectivity index is 0.00000324. The molecule has 0 aliphatic heterocycles. The molecule has 1 rings (SSSR count). The van der Waals surface area contributed by atoms with Crippen molar-refractivity contribution >= 4 is 22.4 Å². The van der Waals surface area contributed by atoms with Gasteiger partial charge < -0.3 is 5.32 Å². The molecule has 0 heterocycles. The Morgan fingerprint density at radius 3 is 2.47 bits per heavy atom. The maximum absolute atomic E-state index is 12.0. The minimum Gasteiger partial charge on any atom is -0.320 e. The van der Waals surface area contributed by atoms with Gasteiger partial charge in [-0.25, -0.2) is 13.1 Å². The Bertz CT molecular complexity index is 475. The zero-order chi connectivity index (χ0) is 13.6. The average Bonchev–Trinajstić information content (AvgIpc) is 2.35. The molecule has 0 fully saturated rings. The zero-order valence-electron chi connectivity index (χ0n) is 11.6. The molecule has 0 aliphatic rings. The Kier molecular flexibility index (Phi) is 8.25. The highest BCUT2D eigenvalue weighted by molar-refractivity contribution is 7.89. The standard InChI is InChI=1S/C13H22N2O2S.ClH/c1-11(2)12-6-4-7-13(10-12)18(16,17)15-9-5-8-14-3;/h4,6-7,10-11,14-15H,5,8-9H2,1-3H3;1H. The van der Waals surface area contributed by atoms with Crippen LogP contribution in [-0.4, -0.2) is 28.6 Å². The molecule has 4 nitrogen and oxygen atoms in total. The summed E-state index contributed by atoms with van der Waals surface area (Å²) in [7, 11) is -1.53. The van der Waals surface area contributed by atoms with Crippen molar-refractivity contribution in [3.05, 3.63) is 29.8 Å². The van der Waals surface area contributed by atoms with E-state index in [0.29, 0.717) is 17.4 Å². The highest BCUT2D eigenvalue weighted by Gasteiger charge is 2.14. The van der Waals surface area contributed by atoms with E-state index in [-0.39, 0.29) is 12.4 Å². The van der Waals surface area contributed by atoms with Crippen molar-refractivity contribution in [2.75, 3.05) is 20.1 Å². The van der Waals surface area contributed by atoms with Gasteiger partial charge in [0.15, 0.2) is 0 Å². The second kappa shape index (κ2) is 8.53. The summed E-state index contributed by atoms with van der Waals surface area (Å²) in [5.74, 6) is 0.324. The number of hydrogen-bond acceptors (Lipinski definition) is 3. The van der Waals surface area contributed by atoms with Gasteiger partial charge in [0.25, 0.3) is 0 Å². The fourth-order valence-electron chi connectivity index (χ4n) is 1.60. The molecule has 0 aromatic heterocycles. The normalized spacial score (nSPS) is 11.4. The van der Waals surface area contributed by atoms with Crippen molar-refractivity contribution in [3.8, 4) is 0 Å². The first-order valence-corrected chi connectivity index (χ1v) is 7.70. The summed E-state index contributed by atoms with van der Waals surface area (Å²) in [4.78, 5) is 0.346. The SMILES string of the molecule is CNCCCNS(=O)(=O)c1cccc(C(C)C)c1.Cl. The largest absolute Gasteiger partial charge is 0.320 e. The van der Waals surface area contributed by atoms with Gasteiger partial charge in [-0.1, -0.05) is 26.0 Å². The van der Waals surface area contributed by atoms with Crippen LogP contribution in [0.1, 0.15) is 31.7 Å². The molecule has 0 saturated carbocycles. The van der Waals surface area contributed by atoms with Crippen LogP contribution in [0.15, 0.2) is 29.2 Å². The van der Waals surface area contributed by atoms with Crippen molar-refractivity contribution in [2.24, 2.45) is 0 Å². The quantitative estimate of drug-likeness (QED) is 0.759. The zero-order valence-corrected chi connectivity index (χ0v) is 13.3. The lowest BCUT2D eigenvalue weighted by Gasteiger charge is -2.10. The summed E-state index contributed by atoms with van der Waals surface area (Å²) < 4.78 is 26.7. The first-order chi connectivity index (χ1) is 8.47. The van der Waals surface area contributed by atoms with Crippen LogP contribution in [0.3, 0.4) is 0 Å². The van der Waals surface area contributed by atoms with Crippen LogP contribution in [0.5, 0.6) is 0 Å². The van der Waals surface area contributed by atoms with Gasteiger partial charge in [0.1, 0.15) is 0 Å². The highest BCUT2D eigenvalue weighted by atomic mass is 35.5. The smallest absolute Gasteiger partial charge is 0.240 e. The number of sulfonamides is 1. The Morgan fingerprint density at radius 1 is 1.21 bits per heavy atom. The third-order valence-electron chi connectivity index (χ3n) is 2.73. The minimum atomic E-state index is -3.37. The Hall–Kier alpha value is -0.620. The second-order valence-corrected chi connectivity index (χ2v) is 6.35. The first-order valence-electron chi connectivity index (χ1n) is 6.21. The van der Waals surface area contributed by atoms with E-state index in [0.717, 1.165) is 18.5 Å². The number of rotatable bonds is 7. The topological polar surface area (TPSA) is 58.2 Å². The summed E-state index contributed by atoms with van der Waals surface area (Å²) in [5.41, 5.74) is 1.04. The van der Waals surface area contributed by atoms with Crippen LogP contribution in [0.25, 0.3) is 0 Å².